The van der Waals surface area contributed by atoms with Crippen LogP contribution in [0.3, 0.4) is 0 Å². The van der Waals surface area contributed by atoms with E-state index in [4.69, 9.17) is 4.74 Å². The summed E-state index contributed by atoms with van der Waals surface area (Å²) < 4.78 is 5.38. The van der Waals surface area contributed by atoms with E-state index in [0.29, 0.717) is 25.3 Å². The number of nitrogens with zero attached hydrogens (tertiary/aromatic N) is 1. The normalized spacial score (nSPS) is 21.0. The van der Waals surface area contributed by atoms with Gasteiger partial charge in [-0.3, -0.25) is 14.9 Å². The van der Waals surface area contributed by atoms with Crippen LogP contribution in [0.15, 0.2) is 18.2 Å². The molecule has 21 heavy (non-hydrogen) atoms. The number of carbonyl (C=O) groups excluding carboxylic acids is 1. The van der Waals surface area contributed by atoms with Gasteiger partial charge in [-0.15, -0.1) is 0 Å². The average Bonchev–Trinajstić information content (AvgIpc) is 2.84. The van der Waals surface area contributed by atoms with Crippen LogP contribution >= 0.6 is 0 Å². The first-order chi connectivity index (χ1) is 10.0. The molecule has 2 atom stereocenters. The maximum Gasteiger partial charge on any atom is 0.282 e. The molecule has 7 heteroatoms. The van der Waals surface area contributed by atoms with E-state index in [9.17, 15) is 14.9 Å². The second kappa shape index (κ2) is 6.53. The van der Waals surface area contributed by atoms with Crippen molar-refractivity contribution in [1.29, 1.82) is 0 Å². The van der Waals surface area contributed by atoms with Crippen molar-refractivity contribution in [1.82, 2.24) is 5.32 Å². The predicted molar refractivity (Wildman–Crippen MR) is 78.5 cm³/mol. The fourth-order valence-electron chi connectivity index (χ4n) is 2.36. The van der Waals surface area contributed by atoms with Gasteiger partial charge >= 0.3 is 0 Å². The molecule has 0 radical (unpaired) electrons. The first-order valence-corrected chi connectivity index (χ1v) is 6.97. The van der Waals surface area contributed by atoms with Crippen LogP contribution in [-0.4, -0.2) is 36.1 Å². The average molecular weight is 293 g/mol. The molecule has 114 valence electrons. The summed E-state index contributed by atoms with van der Waals surface area (Å²) in [6, 6.07) is 4.35. The molecular weight excluding hydrogens is 274 g/mol. The predicted octanol–water partition coefficient (Wildman–Crippen LogP) is 1.93. The van der Waals surface area contributed by atoms with Crippen LogP contribution in [-0.2, 0) is 4.74 Å². The number of hydrogen-bond acceptors (Lipinski definition) is 5. The fourth-order valence-corrected chi connectivity index (χ4v) is 2.36. The highest BCUT2D eigenvalue weighted by atomic mass is 16.6. The lowest BCUT2D eigenvalue weighted by molar-refractivity contribution is -0.385. The van der Waals surface area contributed by atoms with Crippen LogP contribution in [0.5, 0.6) is 0 Å². The Bertz CT molecular complexity index is 547. The maximum absolute atomic E-state index is 12.3. The van der Waals surface area contributed by atoms with E-state index in [2.05, 4.69) is 10.6 Å². The molecule has 0 aliphatic carbocycles. The van der Waals surface area contributed by atoms with Gasteiger partial charge in [0.2, 0.25) is 0 Å². The number of rotatable bonds is 5. The number of nitro benzene ring substituents is 1. The van der Waals surface area contributed by atoms with Crippen LogP contribution in [0.1, 0.15) is 30.6 Å². The SMILES string of the molecule is CCNc1ccc([N+](=O)[O-])c(C(=O)NC2CCOC2C)c1. The topological polar surface area (TPSA) is 93.5 Å². The smallest absolute Gasteiger partial charge is 0.282 e. The Morgan fingerprint density at radius 3 is 2.86 bits per heavy atom. The standard InChI is InChI=1S/C14H19N3O4/c1-3-15-10-4-5-13(17(19)20)11(8-10)14(18)16-12-6-7-21-9(12)2/h4-5,8-9,12,15H,3,6-7H2,1-2H3,(H,16,18). The van der Waals surface area contributed by atoms with Gasteiger partial charge in [-0.2, -0.15) is 0 Å². The number of hydrogen-bond donors (Lipinski definition) is 2. The molecule has 1 aliphatic heterocycles. The van der Waals surface area contributed by atoms with E-state index in [1.807, 2.05) is 13.8 Å². The molecule has 0 aromatic heterocycles. The molecule has 1 heterocycles. The number of amides is 1. The van der Waals surface area contributed by atoms with Crippen LogP contribution in [0, 0.1) is 10.1 Å². The van der Waals surface area contributed by atoms with Crippen molar-refractivity contribution in [2.45, 2.75) is 32.4 Å². The molecular formula is C14H19N3O4. The van der Waals surface area contributed by atoms with Crippen molar-refractivity contribution < 1.29 is 14.5 Å². The van der Waals surface area contributed by atoms with Gasteiger partial charge < -0.3 is 15.4 Å². The van der Waals surface area contributed by atoms with E-state index in [-0.39, 0.29) is 23.4 Å². The molecule has 1 fully saturated rings. The lowest BCUT2D eigenvalue weighted by Crippen LogP contribution is -2.39. The third-order valence-electron chi connectivity index (χ3n) is 3.51. The molecule has 1 aromatic rings. The molecule has 2 N–H and O–H groups in total. The van der Waals surface area contributed by atoms with E-state index < -0.39 is 10.8 Å². The van der Waals surface area contributed by atoms with E-state index in [1.54, 1.807) is 6.07 Å². The summed E-state index contributed by atoms with van der Waals surface area (Å²) in [5.74, 6) is -0.441. The summed E-state index contributed by atoms with van der Waals surface area (Å²) in [4.78, 5) is 22.9. The highest BCUT2D eigenvalue weighted by Crippen LogP contribution is 2.23. The van der Waals surface area contributed by atoms with E-state index in [0.717, 1.165) is 0 Å². The molecule has 2 rings (SSSR count). The van der Waals surface area contributed by atoms with Gasteiger partial charge in [0.25, 0.3) is 11.6 Å². The quantitative estimate of drug-likeness (QED) is 0.639. The number of anilines is 1. The first-order valence-electron chi connectivity index (χ1n) is 6.97. The highest BCUT2D eigenvalue weighted by Gasteiger charge is 2.28. The van der Waals surface area contributed by atoms with Crippen LogP contribution < -0.4 is 10.6 Å². The summed E-state index contributed by atoms with van der Waals surface area (Å²) in [6.45, 7) is 5.05. The number of benzene rings is 1. The fraction of sp³-hybridized carbons (Fsp3) is 0.500. The molecule has 2 unspecified atom stereocenters. The Morgan fingerprint density at radius 2 is 2.29 bits per heavy atom. The zero-order chi connectivity index (χ0) is 15.4. The summed E-state index contributed by atoms with van der Waals surface area (Å²) >= 11 is 0. The minimum absolute atomic E-state index is 0.0672. The number of carbonyl (C=O) groups is 1. The Balaban J connectivity index is 2.24. The number of nitrogens with one attached hydrogen (secondary N) is 2. The van der Waals surface area contributed by atoms with Crippen LogP contribution in [0.4, 0.5) is 11.4 Å². The van der Waals surface area contributed by atoms with Crippen molar-refractivity contribution in [3.63, 3.8) is 0 Å². The Labute approximate surface area is 122 Å². The van der Waals surface area contributed by atoms with Gasteiger partial charge in [0.1, 0.15) is 5.56 Å². The third kappa shape index (κ3) is 3.49. The molecule has 1 aromatic carbocycles. The van der Waals surface area contributed by atoms with Crippen molar-refractivity contribution in [2.75, 3.05) is 18.5 Å². The minimum atomic E-state index is -0.542. The van der Waals surface area contributed by atoms with Gasteiger partial charge in [-0.05, 0) is 32.4 Å². The minimum Gasteiger partial charge on any atom is -0.385 e. The molecule has 0 spiro atoms. The lowest BCUT2D eigenvalue weighted by Gasteiger charge is -2.16. The van der Waals surface area contributed by atoms with Crippen molar-refractivity contribution >= 4 is 17.3 Å². The zero-order valence-electron chi connectivity index (χ0n) is 12.1. The molecule has 1 aliphatic rings. The van der Waals surface area contributed by atoms with Gasteiger partial charge in [0.15, 0.2) is 0 Å². The van der Waals surface area contributed by atoms with Crippen LogP contribution in [0.25, 0.3) is 0 Å². The molecule has 1 amide bonds. The van der Waals surface area contributed by atoms with Crippen molar-refractivity contribution in [3.8, 4) is 0 Å². The second-order valence-corrected chi connectivity index (χ2v) is 4.96. The molecule has 0 saturated carbocycles. The second-order valence-electron chi connectivity index (χ2n) is 4.96. The summed E-state index contributed by atoms with van der Waals surface area (Å²) in [5.41, 5.74) is 0.558. The molecule has 1 saturated heterocycles. The van der Waals surface area contributed by atoms with Gasteiger partial charge in [-0.25, -0.2) is 0 Å². The Morgan fingerprint density at radius 1 is 1.52 bits per heavy atom. The summed E-state index contributed by atoms with van der Waals surface area (Å²) in [6.07, 6.45) is 0.637. The number of nitro groups is 1. The largest absolute Gasteiger partial charge is 0.385 e. The first kappa shape index (κ1) is 15.2. The molecule has 7 nitrogen and oxygen atoms in total. The van der Waals surface area contributed by atoms with Crippen LogP contribution in [0.2, 0.25) is 0 Å². The van der Waals surface area contributed by atoms with Crippen molar-refractivity contribution in [2.24, 2.45) is 0 Å². The highest BCUT2D eigenvalue weighted by molar-refractivity contribution is 5.99. The van der Waals surface area contributed by atoms with Gasteiger partial charge in [-0.1, -0.05) is 0 Å². The lowest BCUT2D eigenvalue weighted by atomic mass is 10.1. The molecule has 0 bridgehead atoms. The zero-order valence-corrected chi connectivity index (χ0v) is 12.1. The Hall–Kier alpha value is -2.15. The van der Waals surface area contributed by atoms with Gasteiger partial charge in [0, 0.05) is 24.9 Å². The summed E-state index contributed by atoms with van der Waals surface area (Å²) in [7, 11) is 0. The monoisotopic (exact) mass is 293 g/mol. The number of ether oxygens (including phenoxy) is 1. The maximum atomic E-state index is 12.3. The van der Waals surface area contributed by atoms with Gasteiger partial charge in [0.05, 0.1) is 17.1 Å². The van der Waals surface area contributed by atoms with Crippen molar-refractivity contribution in [3.05, 3.63) is 33.9 Å². The Kier molecular flexibility index (Phi) is 4.74. The summed E-state index contributed by atoms with van der Waals surface area (Å²) in [5, 5.41) is 16.9. The third-order valence-corrected chi connectivity index (χ3v) is 3.51. The van der Waals surface area contributed by atoms with E-state index >= 15 is 0 Å². The van der Waals surface area contributed by atoms with E-state index in [1.165, 1.54) is 12.1 Å².